The van der Waals surface area contributed by atoms with E-state index >= 15 is 0 Å². The molecule has 2 saturated heterocycles. The lowest BCUT2D eigenvalue weighted by Gasteiger charge is -2.50. The van der Waals surface area contributed by atoms with Gasteiger partial charge in [-0.2, -0.15) is 15.8 Å². The Morgan fingerprint density at radius 3 is 2.27 bits per heavy atom. The molecule has 3 fully saturated rings. The molecule has 0 radical (unpaired) electrons. The number of nitrogens with zero attached hydrogens (tertiary/aromatic N) is 3. The Hall–Kier alpha value is -3.08. The number of benzene rings is 1. The Balaban J connectivity index is 1.89. The second-order valence-electron chi connectivity index (χ2n) is 9.39. The molecule has 2 bridgehead atoms. The molecule has 0 spiro atoms. The van der Waals surface area contributed by atoms with Gasteiger partial charge in [0.05, 0.1) is 31.2 Å². The number of hydrogen-bond donors (Lipinski definition) is 1. The molecular weight excluding hydrogens is 416 g/mol. The minimum atomic E-state index is -1.92. The van der Waals surface area contributed by atoms with Gasteiger partial charge in [0, 0.05) is 6.42 Å². The minimum absolute atomic E-state index is 0.307. The molecule has 1 aromatic carbocycles. The topological polar surface area (TPSA) is 123 Å². The molecule has 1 aromatic rings. The SMILES string of the molecule is COc1cccc(C2OC34CCCCCCCCCCC3C(C#N)(C(=N)O4)C2(C#N)C#N)c1. The van der Waals surface area contributed by atoms with Crippen molar-refractivity contribution in [3.05, 3.63) is 29.8 Å². The quantitative estimate of drug-likeness (QED) is 0.636. The van der Waals surface area contributed by atoms with Gasteiger partial charge in [0.1, 0.15) is 11.9 Å². The van der Waals surface area contributed by atoms with Crippen molar-refractivity contribution >= 4 is 5.90 Å². The molecule has 1 aliphatic carbocycles. The fourth-order valence-electron chi connectivity index (χ4n) is 6.03. The van der Waals surface area contributed by atoms with Gasteiger partial charge in [-0.3, -0.25) is 5.41 Å². The van der Waals surface area contributed by atoms with E-state index in [1.54, 1.807) is 31.4 Å². The summed E-state index contributed by atoms with van der Waals surface area (Å²) in [6.45, 7) is 0. The molecule has 2 aliphatic heterocycles. The van der Waals surface area contributed by atoms with E-state index in [9.17, 15) is 15.8 Å². The van der Waals surface area contributed by atoms with Crippen molar-refractivity contribution < 1.29 is 14.2 Å². The monoisotopic (exact) mass is 446 g/mol. The molecule has 4 unspecified atom stereocenters. The molecule has 1 saturated carbocycles. The van der Waals surface area contributed by atoms with Gasteiger partial charge < -0.3 is 14.2 Å². The van der Waals surface area contributed by atoms with Crippen LogP contribution in [-0.4, -0.2) is 18.8 Å². The average molecular weight is 447 g/mol. The van der Waals surface area contributed by atoms with Gasteiger partial charge in [-0.25, -0.2) is 0 Å². The van der Waals surface area contributed by atoms with Crippen LogP contribution in [0.1, 0.15) is 75.9 Å². The predicted octanol–water partition coefficient (Wildman–Crippen LogP) is 5.54. The smallest absolute Gasteiger partial charge is 0.217 e. The van der Waals surface area contributed by atoms with Crippen molar-refractivity contribution in [3.8, 4) is 24.0 Å². The van der Waals surface area contributed by atoms with E-state index < -0.39 is 28.6 Å². The van der Waals surface area contributed by atoms with Crippen molar-refractivity contribution in [1.82, 2.24) is 0 Å². The second kappa shape index (κ2) is 9.05. The first-order chi connectivity index (χ1) is 16.0. The van der Waals surface area contributed by atoms with Crippen LogP contribution in [0.2, 0.25) is 0 Å². The highest BCUT2D eigenvalue weighted by Crippen LogP contribution is 2.68. The summed E-state index contributed by atoms with van der Waals surface area (Å²) in [6.07, 6.45) is 8.39. The van der Waals surface area contributed by atoms with Crippen LogP contribution in [-0.2, 0) is 9.47 Å². The second-order valence-corrected chi connectivity index (χ2v) is 9.39. The zero-order chi connectivity index (χ0) is 23.5. The number of methoxy groups -OCH3 is 1. The lowest BCUT2D eigenvalue weighted by molar-refractivity contribution is -0.287. The largest absolute Gasteiger partial charge is 0.497 e. The molecule has 3 aliphatic rings. The number of nitrogens with one attached hydrogen (secondary N) is 1. The first-order valence-electron chi connectivity index (χ1n) is 11.9. The molecule has 33 heavy (non-hydrogen) atoms. The van der Waals surface area contributed by atoms with E-state index in [-0.39, 0.29) is 5.90 Å². The van der Waals surface area contributed by atoms with Crippen LogP contribution in [0.4, 0.5) is 0 Å². The van der Waals surface area contributed by atoms with Crippen LogP contribution in [0.3, 0.4) is 0 Å². The van der Waals surface area contributed by atoms with E-state index in [4.69, 9.17) is 19.6 Å². The third-order valence-electron chi connectivity index (χ3n) is 7.71. The zero-order valence-electron chi connectivity index (χ0n) is 19.1. The molecule has 0 amide bonds. The molecule has 1 N–H and O–H groups in total. The average Bonchev–Trinajstić information content (AvgIpc) is 3.02. The number of rotatable bonds is 2. The van der Waals surface area contributed by atoms with Crippen LogP contribution < -0.4 is 4.74 Å². The number of nitriles is 3. The Labute approximate surface area is 195 Å². The van der Waals surface area contributed by atoms with Crippen LogP contribution >= 0.6 is 0 Å². The summed E-state index contributed by atoms with van der Waals surface area (Å²) in [7, 11) is 1.55. The van der Waals surface area contributed by atoms with Gasteiger partial charge in [0.25, 0.3) is 0 Å². The summed E-state index contributed by atoms with van der Waals surface area (Å²) in [6, 6.07) is 13.6. The minimum Gasteiger partial charge on any atom is -0.497 e. The van der Waals surface area contributed by atoms with E-state index in [1.807, 2.05) is 0 Å². The van der Waals surface area contributed by atoms with Gasteiger partial charge in [-0.15, -0.1) is 0 Å². The highest BCUT2D eigenvalue weighted by molar-refractivity contribution is 5.89. The summed E-state index contributed by atoms with van der Waals surface area (Å²) in [5.74, 6) is -1.49. The molecule has 172 valence electrons. The number of ether oxygens (including phenoxy) is 3. The van der Waals surface area contributed by atoms with Crippen LogP contribution in [0, 0.1) is 56.2 Å². The summed E-state index contributed by atoms with van der Waals surface area (Å²) >= 11 is 0. The lowest BCUT2D eigenvalue weighted by atomic mass is 9.52. The standard InChI is InChI=1S/C26H30N4O3/c1-31-20-12-10-11-19(15-20)22-24(16-27,17-28)25(18-29)21-13-8-6-4-2-3-5-7-9-14-26(21,32-22)33-23(25)30/h10-12,15,21-22,30H,2-9,13-14H2,1H3. The van der Waals surface area contributed by atoms with Gasteiger partial charge in [0.2, 0.25) is 17.1 Å². The lowest BCUT2D eigenvalue weighted by Crippen LogP contribution is -2.59. The van der Waals surface area contributed by atoms with Gasteiger partial charge >= 0.3 is 0 Å². The van der Waals surface area contributed by atoms with Crippen molar-refractivity contribution in [2.45, 2.75) is 76.1 Å². The summed E-state index contributed by atoms with van der Waals surface area (Å²) in [4.78, 5) is 0. The summed E-state index contributed by atoms with van der Waals surface area (Å²) < 4.78 is 18.1. The fraction of sp³-hybridized carbons (Fsp3) is 0.615. The predicted molar refractivity (Wildman–Crippen MR) is 120 cm³/mol. The zero-order valence-corrected chi connectivity index (χ0v) is 19.1. The summed E-state index contributed by atoms with van der Waals surface area (Å²) in [5, 5.41) is 40.3. The third kappa shape index (κ3) is 3.36. The van der Waals surface area contributed by atoms with E-state index in [1.165, 1.54) is 12.8 Å². The van der Waals surface area contributed by atoms with Crippen LogP contribution in [0.25, 0.3) is 0 Å². The highest BCUT2D eigenvalue weighted by atomic mass is 16.7. The normalized spacial score (nSPS) is 33.6. The Morgan fingerprint density at radius 1 is 0.970 bits per heavy atom. The molecular formula is C26H30N4O3. The Bertz CT molecular complexity index is 1020. The van der Waals surface area contributed by atoms with E-state index in [0.29, 0.717) is 24.2 Å². The number of hydrogen-bond acceptors (Lipinski definition) is 7. The molecule has 7 heteroatoms. The van der Waals surface area contributed by atoms with Crippen LogP contribution in [0.15, 0.2) is 24.3 Å². The van der Waals surface area contributed by atoms with Crippen molar-refractivity contribution in [2.24, 2.45) is 16.7 Å². The summed E-state index contributed by atoms with van der Waals surface area (Å²) in [5.41, 5.74) is -3.06. The van der Waals surface area contributed by atoms with Gasteiger partial charge in [-0.05, 0) is 30.5 Å². The molecule has 7 nitrogen and oxygen atoms in total. The van der Waals surface area contributed by atoms with Crippen molar-refractivity contribution in [1.29, 1.82) is 21.2 Å². The Morgan fingerprint density at radius 2 is 1.64 bits per heavy atom. The van der Waals surface area contributed by atoms with Crippen molar-refractivity contribution in [2.75, 3.05) is 7.11 Å². The van der Waals surface area contributed by atoms with Gasteiger partial charge in [0.15, 0.2) is 5.41 Å². The van der Waals surface area contributed by atoms with Gasteiger partial charge in [-0.1, -0.05) is 57.1 Å². The molecule has 4 rings (SSSR count). The van der Waals surface area contributed by atoms with E-state index in [0.717, 1.165) is 38.5 Å². The maximum Gasteiger partial charge on any atom is 0.217 e. The third-order valence-corrected chi connectivity index (χ3v) is 7.71. The van der Waals surface area contributed by atoms with E-state index in [2.05, 4.69) is 18.2 Å². The molecule has 0 aromatic heterocycles. The Kier molecular flexibility index (Phi) is 6.33. The molecule has 2 heterocycles. The maximum atomic E-state index is 10.6. The first kappa shape index (κ1) is 23.1. The fourth-order valence-corrected chi connectivity index (χ4v) is 6.03. The van der Waals surface area contributed by atoms with Crippen molar-refractivity contribution in [3.63, 3.8) is 0 Å². The van der Waals surface area contributed by atoms with Crippen LogP contribution in [0.5, 0.6) is 5.75 Å². The highest BCUT2D eigenvalue weighted by Gasteiger charge is 2.79. The molecule has 4 atom stereocenters. The maximum absolute atomic E-state index is 10.6. The first-order valence-corrected chi connectivity index (χ1v) is 11.9.